The van der Waals surface area contributed by atoms with Crippen LogP contribution in [-0.4, -0.2) is 50.6 Å². The summed E-state index contributed by atoms with van der Waals surface area (Å²) in [5, 5.41) is 0.824. The Kier molecular flexibility index (Phi) is 8.07. The van der Waals surface area contributed by atoms with Crippen LogP contribution in [0.2, 0.25) is 0 Å². The van der Waals surface area contributed by atoms with E-state index in [-0.39, 0.29) is 0 Å². The quantitative estimate of drug-likeness (QED) is 0.173. The number of hydrogen-bond donors (Lipinski definition) is 0. The number of halogens is 1. The van der Waals surface area contributed by atoms with Crippen molar-refractivity contribution >= 4 is 45.3 Å². The van der Waals surface area contributed by atoms with Gasteiger partial charge in [0, 0.05) is 31.2 Å². The first-order valence-electron chi connectivity index (χ1n) is 9.22. The molecule has 0 aliphatic rings. The molecule has 0 unspecified atom stereocenters. The third kappa shape index (κ3) is 5.30. The van der Waals surface area contributed by atoms with Crippen molar-refractivity contribution in [3.05, 3.63) is 48.3 Å². The average Bonchev–Trinajstić information content (AvgIpc) is 2.78. The van der Waals surface area contributed by atoms with Gasteiger partial charge in [0.05, 0.1) is 47.3 Å². The minimum absolute atomic E-state index is 0.393. The second-order valence-electron chi connectivity index (χ2n) is 6.17. The molecular weight excluding hydrogens is 497 g/mol. The third-order valence-electron chi connectivity index (χ3n) is 4.20. The Balaban J connectivity index is 2.02. The van der Waals surface area contributed by atoms with Crippen LogP contribution in [0.4, 0.5) is 11.5 Å². The molecule has 7 nitrogen and oxygen atoms in total. The molecule has 2 aromatic carbocycles. The Morgan fingerprint density at radius 1 is 0.967 bits per heavy atom. The Hall–Kier alpha value is -2.61. The topological polar surface area (TPSA) is 65.9 Å². The van der Waals surface area contributed by atoms with Crippen molar-refractivity contribution in [2.75, 3.05) is 43.8 Å². The van der Waals surface area contributed by atoms with Crippen molar-refractivity contribution < 1.29 is 18.9 Å². The highest BCUT2D eigenvalue weighted by atomic mass is 127. The fourth-order valence-corrected chi connectivity index (χ4v) is 3.43. The van der Waals surface area contributed by atoms with Crippen LogP contribution in [0.25, 0.3) is 10.9 Å². The van der Waals surface area contributed by atoms with Crippen LogP contribution in [0.3, 0.4) is 0 Å². The Morgan fingerprint density at radius 2 is 1.67 bits per heavy atom. The number of methoxy groups -OCH3 is 2. The summed E-state index contributed by atoms with van der Waals surface area (Å²) in [4.78, 5) is 8.91. The van der Waals surface area contributed by atoms with Crippen LogP contribution >= 0.6 is 22.9 Å². The highest BCUT2D eigenvalue weighted by molar-refractivity contribution is 14.1. The normalized spacial score (nSPS) is 10.6. The average molecular weight is 519 g/mol. The lowest BCUT2D eigenvalue weighted by atomic mass is 10.2. The van der Waals surface area contributed by atoms with Crippen LogP contribution in [-0.2, 0) is 9.47 Å². The molecule has 0 radical (unpaired) electrons. The van der Waals surface area contributed by atoms with Gasteiger partial charge in [-0.05, 0) is 24.3 Å². The minimum Gasteiger partial charge on any atom is -0.487 e. The van der Waals surface area contributed by atoms with E-state index in [0.29, 0.717) is 37.9 Å². The first kappa shape index (κ1) is 22.1. The van der Waals surface area contributed by atoms with Crippen LogP contribution in [0.15, 0.2) is 42.7 Å². The molecule has 0 spiro atoms. The van der Waals surface area contributed by atoms with Gasteiger partial charge in [-0.25, -0.2) is 9.97 Å². The molecule has 8 heteroatoms. The predicted octanol–water partition coefficient (Wildman–Crippen LogP) is 4.15. The molecule has 0 atom stereocenters. The van der Waals surface area contributed by atoms with Gasteiger partial charge in [-0.1, -0.05) is 12.0 Å². The number of hydrogen-bond acceptors (Lipinski definition) is 7. The van der Waals surface area contributed by atoms with Gasteiger partial charge in [0.2, 0.25) is 0 Å². The van der Waals surface area contributed by atoms with Crippen LogP contribution < -0.4 is 12.6 Å². The molecule has 0 aliphatic carbocycles. The first-order valence-corrected chi connectivity index (χ1v) is 10.2. The lowest BCUT2D eigenvalue weighted by Gasteiger charge is -2.19. The zero-order valence-corrected chi connectivity index (χ0v) is 19.0. The van der Waals surface area contributed by atoms with E-state index < -0.39 is 0 Å². The molecule has 0 bridgehead atoms. The van der Waals surface area contributed by atoms with Crippen molar-refractivity contribution in [1.29, 1.82) is 0 Å². The lowest BCUT2D eigenvalue weighted by molar-refractivity contribution is 0.132. The third-order valence-corrected chi connectivity index (χ3v) is 5.21. The maximum absolute atomic E-state index is 5.90. The monoisotopic (exact) mass is 519 g/mol. The van der Waals surface area contributed by atoms with E-state index in [0.717, 1.165) is 28.0 Å². The zero-order chi connectivity index (χ0) is 21.3. The smallest absolute Gasteiger partial charge is 0.163 e. The Morgan fingerprint density at radius 3 is 2.33 bits per heavy atom. The maximum Gasteiger partial charge on any atom is 0.163 e. The van der Waals surface area contributed by atoms with E-state index in [4.69, 9.17) is 25.4 Å². The Labute approximate surface area is 189 Å². The number of terminal acetylenes is 1. The molecule has 3 rings (SSSR count). The number of benzene rings is 2. The first-order chi connectivity index (χ1) is 14.7. The van der Waals surface area contributed by atoms with Crippen LogP contribution in [0.5, 0.6) is 11.5 Å². The molecule has 0 aliphatic heterocycles. The van der Waals surface area contributed by atoms with Gasteiger partial charge < -0.3 is 18.9 Å². The summed E-state index contributed by atoms with van der Waals surface area (Å²) in [5.41, 5.74) is 2.44. The standard InChI is InChI=1S/C22H22IN3O4/c1-4-16-6-5-7-17(12-16)26(23)22-18-13-20(29-10-8-27-2)21(30-11-9-28-3)14-19(18)24-15-25-22/h1,5-7,12-15H,8-11H2,2-3H3. The van der Waals surface area contributed by atoms with E-state index in [9.17, 15) is 0 Å². The van der Waals surface area contributed by atoms with Crippen molar-refractivity contribution in [3.8, 4) is 23.8 Å². The number of nitrogens with zero attached hydrogens (tertiary/aromatic N) is 3. The van der Waals surface area contributed by atoms with Crippen LogP contribution in [0.1, 0.15) is 5.56 Å². The summed E-state index contributed by atoms with van der Waals surface area (Å²) in [6.45, 7) is 1.73. The number of aromatic nitrogens is 2. The second-order valence-corrected chi connectivity index (χ2v) is 7.14. The Bertz CT molecular complexity index is 1040. The van der Waals surface area contributed by atoms with Crippen molar-refractivity contribution in [3.63, 3.8) is 0 Å². The molecule has 0 saturated carbocycles. The molecule has 0 amide bonds. The lowest BCUT2D eigenvalue weighted by Crippen LogP contribution is -2.09. The molecule has 0 N–H and O–H groups in total. The number of anilines is 2. The van der Waals surface area contributed by atoms with E-state index in [1.165, 1.54) is 6.33 Å². The highest BCUT2D eigenvalue weighted by Gasteiger charge is 2.16. The van der Waals surface area contributed by atoms with Gasteiger partial charge in [0.25, 0.3) is 0 Å². The fraction of sp³-hybridized carbons (Fsp3) is 0.273. The molecule has 0 fully saturated rings. The molecule has 30 heavy (non-hydrogen) atoms. The van der Waals surface area contributed by atoms with E-state index in [2.05, 4.69) is 38.8 Å². The summed E-state index contributed by atoms with van der Waals surface area (Å²) < 4.78 is 23.8. The number of fused-ring (bicyclic) bond motifs is 1. The van der Waals surface area contributed by atoms with Crippen molar-refractivity contribution in [2.24, 2.45) is 0 Å². The molecule has 156 valence electrons. The maximum atomic E-state index is 5.90. The van der Waals surface area contributed by atoms with Gasteiger partial charge in [0.1, 0.15) is 19.5 Å². The van der Waals surface area contributed by atoms with Crippen LogP contribution in [0, 0.1) is 12.3 Å². The largest absolute Gasteiger partial charge is 0.487 e. The van der Waals surface area contributed by atoms with Gasteiger partial charge in [-0.3, -0.25) is 3.11 Å². The molecule has 0 saturated heterocycles. The summed E-state index contributed by atoms with van der Waals surface area (Å²) in [6, 6.07) is 11.4. The molecule has 1 aromatic heterocycles. The van der Waals surface area contributed by atoms with Gasteiger partial charge >= 0.3 is 0 Å². The van der Waals surface area contributed by atoms with Crippen molar-refractivity contribution in [1.82, 2.24) is 9.97 Å². The van der Waals surface area contributed by atoms with E-state index in [1.807, 2.05) is 39.5 Å². The molecule has 3 aromatic rings. The van der Waals surface area contributed by atoms with Gasteiger partial charge in [-0.2, -0.15) is 0 Å². The fourth-order valence-electron chi connectivity index (χ4n) is 2.74. The highest BCUT2D eigenvalue weighted by Crippen LogP contribution is 2.38. The summed E-state index contributed by atoms with van der Waals surface area (Å²) in [5.74, 6) is 4.56. The predicted molar refractivity (Wildman–Crippen MR) is 125 cm³/mol. The SMILES string of the molecule is C#Cc1cccc(N(I)c2ncnc3cc(OCCOC)c(OCCOC)cc23)c1. The van der Waals surface area contributed by atoms with E-state index in [1.54, 1.807) is 14.2 Å². The molecule has 1 heterocycles. The minimum atomic E-state index is 0.393. The van der Waals surface area contributed by atoms with E-state index >= 15 is 0 Å². The van der Waals surface area contributed by atoms with Gasteiger partial charge in [0.15, 0.2) is 17.3 Å². The number of rotatable bonds is 10. The number of ether oxygens (including phenoxy) is 4. The zero-order valence-electron chi connectivity index (χ0n) is 16.8. The van der Waals surface area contributed by atoms with Crippen molar-refractivity contribution in [2.45, 2.75) is 0 Å². The summed E-state index contributed by atoms with van der Waals surface area (Å²) in [7, 11) is 3.26. The van der Waals surface area contributed by atoms with Gasteiger partial charge in [-0.15, -0.1) is 6.42 Å². The second kappa shape index (κ2) is 11.0. The summed E-state index contributed by atoms with van der Waals surface area (Å²) >= 11 is 2.20. The molecular formula is C22H22IN3O4. The summed E-state index contributed by atoms with van der Waals surface area (Å²) in [6.07, 6.45) is 7.07.